The summed E-state index contributed by atoms with van der Waals surface area (Å²) in [6.07, 6.45) is 6.43. The van der Waals surface area contributed by atoms with Gasteiger partial charge in [0.1, 0.15) is 18.2 Å². The van der Waals surface area contributed by atoms with Gasteiger partial charge in [0.15, 0.2) is 5.82 Å². The second-order valence-electron chi connectivity index (χ2n) is 7.03. The Morgan fingerprint density at radius 2 is 1.71 bits per heavy atom. The Bertz CT molecular complexity index is 1230. The highest BCUT2D eigenvalue weighted by molar-refractivity contribution is 5.84. The summed E-state index contributed by atoms with van der Waals surface area (Å²) in [6.45, 7) is 0.317. The number of benzene rings is 3. The number of nitrogens with two attached hydrogens (primary N) is 2. The normalized spacial score (nSPS) is 11.8. The van der Waals surface area contributed by atoms with E-state index in [2.05, 4.69) is 21.1 Å². The standard InChI is InChI=1S/C25H23N5O/c26-24(30-27)15-20-6-2-1-5-19(20)12-9-18-10-13-22(14-11-18)31-17-25-28-16-21-7-3-4-8-23(21)29-25/h1-14,16H,15,17,27H2,(H2,26,30)/b12-9+. The highest BCUT2D eigenvalue weighted by Gasteiger charge is 2.03. The Kier molecular flexibility index (Phi) is 6.18. The SMILES string of the molecule is N/N=C(\N)Cc1ccccc1/C=C/c1ccc(OCc2ncc3ccccc3n2)cc1. The van der Waals surface area contributed by atoms with E-state index in [9.17, 15) is 0 Å². The summed E-state index contributed by atoms with van der Waals surface area (Å²) >= 11 is 0. The van der Waals surface area contributed by atoms with Gasteiger partial charge in [-0.1, -0.05) is 66.7 Å². The molecular formula is C25H23N5O. The first-order valence-electron chi connectivity index (χ1n) is 9.93. The highest BCUT2D eigenvalue weighted by atomic mass is 16.5. The quantitative estimate of drug-likeness (QED) is 0.157. The predicted molar refractivity (Wildman–Crippen MR) is 125 cm³/mol. The molecule has 0 spiro atoms. The van der Waals surface area contributed by atoms with Crippen LogP contribution < -0.4 is 16.3 Å². The molecule has 154 valence electrons. The van der Waals surface area contributed by atoms with Crippen LogP contribution in [0.1, 0.15) is 22.5 Å². The molecule has 0 aliphatic heterocycles. The lowest BCUT2D eigenvalue weighted by molar-refractivity contribution is 0.296. The molecule has 0 fully saturated rings. The van der Waals surface area contributed by atoms with Gasteiger partial charge < -0.3 is 16.3 Å². The number of amidine groups is 1. The lowest BCUT2D eigenvalue weighted by atomic mass is 10.0. The third-order valence-electron chi connectivity index (χ3n) is 4.83. The number of nitrogens with zero attached hydrogens (tertiary/aromatic N) is 3. The van der Waals surface area contributed by atoms with Crippen LogP contribution in [0.4, 0.5) is 0 Å². The number of fused-ring (bicyclic) bond motifs is 1. The van der Waals surface area contributed by atoms with E-state index in [-0.39, 0.29) is 0 Å². The molecule has 0 bridgehead atoms. The summed E-state index contributed by atoms with van der Waals surface area (Å²) in [6, 6.07) is 23.8. The molecule has 4 rings (SSSR count). The van der Waals surface area contributed by atoms with E-state index < -0.39 is 0 Å². The topological polar surface area (TPSA) is 99.4 Å². The molecule has 0 amide bonds. The minimum atomic E-state index is 0.317. The first kappa shape index (κ1) is 20.1. The Morgan fingerprint density at radius 3 is 2.55 bits per heavy atom. The van der Waals surface area contributed by atoms with Crippen molar-refractivity contribution in [3.8, 4) is 5.75 Å². The third kappa shape index (κ3) is 5.25. The summed E-state index contributed by atoms with van der Waals surface area (Å²) < 4.78 is 5.85. The summed E-state index contributed by atoms with van der Waals surface area (Å²) in [7, 11) is 0. The van der Waals surface area contributed by atoms with Gasteiger partial charge >= 0.3 is 0 Å². The average molecular weight is 409 g/mol. The predicted octanol–water partition coefficient (Wildman–Crippen LogP) is 4.15. The molecular weight excluding hydrogens is 386 g/mol. The van der Waals surface area contributed by atoms with Gasteiger partial charge in [-0.2, -0.15) is 5.10 Å². The fourth-order valence-electron chi connectivity index (χ4n) is 3.19. The molecule has 4 aromatic rings. The van der Waals surface area contributed by atoms with Crippen LogP contribution in [0.3, 0.4) is 0 Å². The molecule has 6 heteroatoms. The van der Waals surface area contributed by atoms with Gasteiger partial charge in [-0.3, -0.25) is 0 Å². The maximum absolute atomic E-state index is 5.85. The van der Waals surface area contributed by atoms with Crippen LogP contribution in [0.5, 0.6) is 5.75 Å². The molecule has 1 heterocycles. The van der Waals surface area contributed by atoms with E-state index in [4.69, 9.17) is 16.3 Å². The summed E-state index contributed by atoms with van der Waals surface area (Å²) in [5.74, 6) is 7.08. The van der Waals surface area contributed by atoms with Crippen molar-refractivity contribution in [2.45, 2.75) is 13.0 Å². The minimum Gasteiger partial charge on any atom is -0.486 e. The molecule has 0 aliphatic rings. The largest absolute Gasteiger partial charge is 0.486 e. The molecule has 3 aromatic carbocycles. The third-order valence-corrected chi connectivity index (χ3v) is 4.83. The fraction of sp³-hybridized carbons (Fsp3) is 0.0800. The van der Waals surface area contributed by atoms with Gasteiger partial charge in [-0.15, -0.1) is 0 Å². The van der Waals surface area contributed by atoms with Gasteiger partial charge in [0.25, 0.3) is 0 Å². The van der Waals surface area contributed by atoms with Crippen LogP contribution in [0.25, 0.3) is 23.1 Å². The number of rotatable bonds is 7. The van der Waals surface area contributed by atoms with Crippen LogP contribution in [-0.2, 0) is 13.0 Å². The first-order chi connectivity index (χ1) is 15.2. The monoisotopic (exact) mass is 409 g/mol. The van der Waals surface area contributed by atoms with Crippen molar-refractivity contribution in [1.29, 1.82) is 0 Å². The highest BCUT2D eigenvalue weighted by Crippen LogP contribution is 2.18. The Morgan fingerprint density at radius 1 is 0.935 bits per heavy atom. The van der Waals surface area contributed by atoms with Crippen molar-refractivity contribution < 1.29 is 4.74 Å². The summed E-state index contributed by atoms with van der Waals surface area (Å²) in [5, 5.41) is 4.57. The van der Waals surface area contributed by atoms with E-state index in [0.29, 0.717) is 24.7 Å². The van der Waals surface area contributed by atoms with E-state index in [0.717, 1.165) is 33.3 Å². The zero-order valence-electron chi connectivity index (χ0n) is 17.0. The van der Waals surface area contributed by atoms with Crippen molar-refractivity contribution in [2.75, 3.05) is 0 Å². The van der Waals surface area contributed by atoms with Gasteiger partial charge in [0.05, 0.1) is 5.52 Å². The lowest BCUT2D eigenvalue weighted by Crippen LogP contribution is -2.17. The van der Waals surface area contributed by atoms with Crippen molar-refractivity contribution in [1.82, 2.24) is 9.97 Å². The van der Waals surface area contributed by atoms with Crippen LogP contribution in [-0.4, -0.2) is 15.8 Å². The van der Waals surface area contributed by atoms with Gasteiger partial charge in [0, 0.05) is 18.0 Å². The van der Waals surface area contributed by atoms with Crippen molar-refractivity contribution in [2.24, 2.45) is 16.7 Å². The van der Waals surface area contributed by atoms with Crippen LogP contribution in [0.2, 0.25) is 0 Å². The van der Waals surface area contributed by atoms with Crippen molar-refractivity contribution >= 4 is 28.9 Å². The second-order valence-corrected chi connectivity index (χ2v) is 7.03. The molecule has 6 nitrogen and oxygen atoms in total. The molecule has 0 saturated carbocycles. The van der Waals surface area contributed by atoms with Gasteiger partial charge in [-0.05, 0) is 34.9 Å². The number of para-hydroxylation sites is 1. The smallest absolute Gasteiger partial charge is 0.166 e. The fourth-order valence-corrected chi connectivity index (χ4v) is 3.19. The Labute approximate surface area is 180 Å². The number of aromatic nitrogens is 2. The molecule has 0 saturated heterocycles. The molecule has 0 radical (unpaired) electrons. The molecule has 1 aromatic heterocycles. The second kappa shape index (κ2) is 9.54. The van der Waals surface area contributed by atoms with Crippen LogP contribution in [0.15, 0.2) is 84.1 Å². The zero-order valence-corrected chi connectivity index (χ0v) is 17.0. The maximum atomic E-state index is 5.85. The van der Waals surface area contributed by atoms with Crippen LogP contribution >= 0.6 is 0 Å². The first-order valence-corrected chi connectivity index (χ1v) is 9.93. The Balaban J connectivity index is 1.40. The summed E-state index contributed by atoms with van der Waals surface area (Å²) in [5.41, 5.74) is 9.89. The average Bonchev–Trinajstić information content (AvgIpc) is 2.82. The minimum absolute atomic E-state index is 0.317. The molecule has 0 aliphatic carbocycles. The lowest BCUT2D eigenvalue weighted by Gasteiger charge is -2.07. The molecule has 4 N–H and O–H groups in total. The number of ether oxygens (including phenoxy) is 1. The molecule has 0 atom stereocenters. The van der Waals surface area contributed by atoms with E-state index in [1.807, 2.05) is 85.1 Å². The number of hydrogen-bond acceptors (Lipinski definition) is 5. The summed E-state index contributed by atoms with van der Waals surface area (Å²) in [4.78, 5) is 8.90. The molecule has 31 heavy (non-hydrogen) atoms. The molecule has 0 unspecified atom stereocenters. The number of hydrogen-bond donors (Lipinski definition) is 2. The maximum Gasteiger partial charge on any atom is 0.166 e. The van der Waals surface area contributed by atoms with E-state index >= 15 is 0 Å². The number of hydrazone groups is 1. The van der Waals surface area contributed by atoms with Gasteiger partial charge in [0.2, 0.25) is 0 Å². The van der Waals surface area contributed by atoms with Crippen LogP contribution in [0, 0.1) is 0 Å². The van der Waals surface area contributed by atoms with Gasteiger partial charge in [-0.25, -0.2) is 9.97 Å². The van der Waals surface area contributed by atoms with Crippen molar-refractivity contribution in [3.63, 3.8) is 0 Å². The van der Waals surface area contributed by atoms with Crippen molar-refractivity contribution in [3.05, 3.63) is 102 Å². The van der Waals surface area contributed by atoms with E-state index in [1.165, 1.54) is 0 Å². The zero-order chi connectivity index (χ0) is 21.5. The van der Waals surface area contributed by atoms with E-state index in [1.54, 1.807) is 0 Å². The Hall–Kier alpha value is -4.19.